The molecule has 1 aromatic carbocycles. The highest BCUT2D eigenvalue weighted by Gasteiger charge is 2.18. The molecule has 2 aliphatic rings. The second kappa shape index (κ2) is 5.83. The summed E-state index contributed by atoms with van der Waals surface area (Å²) in [4.78, 5) is 2.38. The number of nitrogens with zero attached hydrogens (tertiary/aromatic N) is 1. The molecule has 1 unspecified atom stereocenters. The van der Waals surface area contributed by atoms with Crippen molar-refractivity contribution in [2.24, 2.45) is 5.73 Å². The monoisotopic (exact) mass is 260 g/mol. The first kappa shape index (κ1) is 12.8. The predicted octanol–water partition coefficient (Wildman–Crippen LogP) is 2.94. The Morgan fingerprint density at radius 1 is 1.00 bits per heavy atom. The van der Waals surface area contributed by atoms with Gasteiger partial charge in [-0.25, -0.2) is 0 Å². The quantitative estimate of drug-likeness (QED) is 0.908. The van der Waals surface area contributed by atoms with Gasteiger partial charge in [-0.15, -0.1) is 0 Å². The van der Waals surface area contributed by atoms with Crippen molar-refractivity contribution in [2.45, 2.75) is 50.7 Å². The van der Waals surface area contributed by atoms with E-state index in [0.717, 1.165) is 25.3 Å². The molecular formula is C16H24N2O. The molecule has 3 heteroatoms. The van der Waals surface area contributed by atoms with Gasteiger partial charge in [0.05, 0.1) is 6.10 Å². The van der Waals surface area contributed by atoms with E-state index in [1.165, 1.54) is 37.8 Å². The van der Waals surface area contributed by atoms with Gasteiger partial charge in [0.15, 0.2) is 0 Å². The summed E-state index contributed by atoms with van der Waals surface area (Å²) < 4.78 is 6.00. The second-order valence-electron chi connectivity index (χ2n) is 5.87. The van der Waals surface area contributed by atoms with Gasteiger partial charge in [-0.05, 0) is 62.8 Å². The van der Waals surface area contributed by atoms with E-state index in [2.05, 4.69) is 29.2 Å². The Kier molecular flexibility index (Phi) is 3.92. The highest BCUT2D eigenvalue weighted by atomic mass is 16.5. The molecule has 1 atom stereocenters. The molecule has 0 aromatic heterocycles. The average molecular weight is 260 g/mol. The number of hydrogen-bond donors (Lipinski definition) is 1. The molecule has 1 heterocycles. The average Bonchev–Trinajstić information content (AvgIpc) is 2.92. The van der Waals surface area contributed by atoms with Gasteiger partial charge in [0.2, 0.25) is 0 Å². The molecule has 104 valence electrons. The minimum absolute atomic E-state index is 0.322. The van der Waals surface area contributed by atoms with E-state index in [1.807, 2.05) is 0 Å². The number of benzene rings is 1. The maximum absolute atomic E-state index is 6.03. The number of rotatable bonds is 3. The van der Waals surface area contributed by atoms with Crippen molar-refractivity contribution in [3.63, 3.8) is 0 Å². The van der Waals surface area contributed by atoms with Crippen LogP contribution >= 0.6 is 0 Å². The number of ether oxygens (including phenoxy) is 1. The normalized spacial score (nSPS) is 24.7. The Hall–Kier alpha value is -1.22. The zero-order chi connectivity index (χ0) is 13.1. The topological polar surface area (TPSA) is 38.5 Å². The van der Waals surface area contributed by atoms with Crippen LogP contribution in [0.2, 0.25) is 0 Å². The van der Waals surface area contributed by atoms with E-state index < -0.39 is 0 Å². The highest BCUT2D eigenvalue weighted by molar-refractivity contribution is 5.49. The third-order valence-corrected chi connectivity index (χ3v) is 4.26. The standard InChI is InChI=1S/C16H24N2O/c17-13-4-3-11-18(12-13)14-7-9-16(10-8-14)19-15-5-1-2-6-15/h7-10,13,15H,1-6,11-12,17H2. The maximum atomic E-state index is 6.03. The number of anilines is 1. The minimum Gasteiger partial charge on any atom is -0.490 e. The van der Waals surface area contributed by atoms with E-state index >= 15 is 0 Å². The van der Waals surface area contributed by atoms with Gasteiger partial charge in [-0.2, -0.15) is 0 Å². The lowest BCUT2D eigenvalue weighted by Gasteiger charge is -2.32. The molecule has 3 nitrogen and oxygen atoms in total. The van der Waals surface area contributed by atoms with Crippen molar-refractivity contribution < 1.29 is 4.74 Å². The molecule has 3 rings (SSSR count). The first-order valence-electron chi connectivity index (χ1n) is 7.58. The van der Waals surface area contributed by atoms with Crippen molar-refractivity contribution >= 4 is 5.69 Å². The molecule has 2 N–H and O–H groups in total. The molecular weight excluding hydrogens is 236 g/mol. The van der Waals surface area contributed by atoms with E-state index in [4.69, 9.17) is 10.5 Å². The van der Waals surface area contributed by atoms with Crippen LogP contribution in [0.15, 0.2) is 24.3 Å². The highest BCUT2D eigenvalue weighted by Crippen LogP contribution is 2.26. The summed E-state index contributed by atoms with van der Waals surface area (Å²) in [5.74, 6) is 1.01. The van der Waals surface area contributed by atoms with Gasteiger partial charge >= 0.3 is 0 Å². The van der Waals surface area contributed by atoms with E-state index in [1.54, 1.807) is 0 Å². The summed E-state index contributed by atoms with van der Waals surface area (Å²) >= 11 is 0. The van der Waals surface area contributed by atoms with Crippen LogP contribution in [0.5, 0.6) is 5.75 Å². The van der Waals surface area contributed by atoms with Crippen LogP contribution in [-0.4, -0.2) is 25.2 Å². The Morgan fingerprint density at radius 3 is 2.42 bits per heavy atom. The molecule has 1 aromatic rings. The summed E-state index contributed by atoms with van der Waals surface area (Å²) in [6, 6.07) is 8.87. The molecule has 2 fully saturated rings. The van der Waals surface area contributed by atoms with Crippen molar-refractivity contribution in [3.8, 4) is 5.75 Å². The van der Waals surface area contributed by atoms with Crippen LogP contribution in [-0.2, 0) is 0 Å². The fraction of sp³-hybridized carbons (Fsp3) is 0.625. The van der Waals surface area contributed by atoms with Gasteiger partial charge < -0.3 is 15.4 Å². The largest absolute Gasteiger partial charge is 0.490 e. The van der Waals surface area contributed by atoms with E-state index in [-0.39, 0.29) is 0 Å². The summed E-state index contributed by atoms with van der Waals surface area (Å²) in [6.07, 6.45) is 7.84. The predicted molar refractivity (Wildman–Crippen MR) is 78.7 cm³/mol. The minimum atomic E-state index is 0.322. The third kappa shape index (κ3) is 3.21. The molecule has 1 aliphatic heterocycles. The lowest BCUT2D eigenvalue weighted by atomic mass is 10.1. The molecule has 1 saturated heterocycles. The third-order valence-electron chi connectivity index (χ3n) is 4.26. The molecule has 1 aliphatic carbocycles. The summed E-state index contributed by atoms with van der Waals surface area (Å²) in [5.41, 5.74) is 7.31. The van der Waals surface area contributed by atoms with Gasteiger partial charge in [0.1, 0.15) is 5.75 Å². The molecule has 0 radical (unpaired) electrons. The van der Waals surface area contributed by atoms with Crippen LogP contribution < -0.4 is 15.4 Å². The second-order valence-corrected chi connectivity index (χ2v) is 5.87. The Morgan fingerprint density at radius 2 is 1.74 bits per heavy atom. The molecule has 19 heavy (non-hydrogen) atoms. The first-order chi connectivity index (χ1) is 9.31. The molecule has 0 amide bonds. The van der Waals surface area contributed by atoms with Gasteiger partial charge in [0, 0.05) is 24.8 Å². The number of nitrogens with two attached hydrogens (primary N) is 1. The van der Waals surface area contributed by atoms with Crippen LogP contribution in [0.25, 0.3) is 0 Å². The van der Waals surface area contributed by atoms with Crippen molar-refractivity contribution in [1.29, 1.82) is 0 Å². The van der Waals surface area contributed by atoms with Crippen molar-refractivity contribution in [1.82, 2.24) is 0 Å². The van der Waals surface area contributed by atoms with Gasteiger partial charge in [-0.1, -0.05) is 0 Å². The smallest absolute Gasteiger partial charge is 0.119 e. The van der Waals surface area contributed by atoms with Crippen LogP contribution in [0, 0.1) is 0 Å². The fourth-order valence-corrected chi connectivity index (χ4v) is 3.18. The van der Waals surface area contributed by atoms with Crippen molar-refractivity contribution in [3.05, 3.63) is 24.3 Å². The van der Waals surface area contributed by atoms with Crippen LogP contribution in [0.1, 0.15) is 38.5 Å². The first-order valence-corrected chi connectivity index (χ1v) is 7.58. The number of hydrogen-bond acceptors (Lipinski definition) is 3. The zero-order valence-corrected chi connectivity index (χ0v) is 11.6. The van der Waals surface area contributed by atoms with E-state index in [9.17, 15) is 0 Å². The van der Waals surface area contributed by atoms with Crippen molar-refractivity contribution in [2.75, 3.05) is 18.0 Å². The van der Waals surface area contributed by atoms with Gasteiger partial charge in [0.25, 0.3) is 0 Å². The SMILES string of the molecule is NC1CCCN(c2ccc(OC3CCCC3)cc2)C1. The fourth-order valence-electron chi connectivity index (χ4n) is 3.18. The Balaban J connectivity index is 1.61. The molecule has 0 bridgehead atoms. The van der Waals surface area contributed by atoms with Crippen LogP contribution in [0.4, 0.5) is 5.69 Å². The van der Waals surface area contributed by atoms with Gasteiger partial charge in [-0.3, -0.25) is 0 Å². The maximum Gasteiger partial charge on any atom is 0.119 e. The Bertz CT molecular complexity index is 398. The summed E-state index contributed by atoms with van der Waals surface area (Å²) in [7, 11) is 0. The zero-order valence-electron chi connectivity index (χ0n) is 11.6. The number of piperidine rings is 1. The summed E-state index contributed by atoms with van der Waals surface area (Å²) in [6.45, 7) is 2.10. The Labute approximate surface area is 115 Å². The lowest BCUT2D eigenvalue weighted by molar-refractivity contribution is 0.210. The lowest BCUT2D eigenvalue weighted by Crippen LogP contribution is -2.42. The summed E-state index contributed by atoms with van der Waals surface area (Å²) in [5, 5.41) is 0. The van der Waals surface area contributed by atoms with E-state index in [0.29, 0.717) is 12.1 Å². The molecule has 1 saturated carbocycles. The molecule has 0 spiro atoms. The van der Waals surface area contributed by atoms with Crippen LogP contribution in [0.3, 0.4) is 0 Å².